The van der Waals surface area contributed by atoms with E-state index in [1.165, 1.54) is 25.3 Å². The number of pyridine rings is 1. The Kier molecular flexibility index (Phi) is 5.10. The van der Waals surface area contributed by atoms with E-state index in [4.69, 9.17) is 9.97 Å². The summed E-state index contributed by atoms with van der Waals surface area (Å²) in [4.78, 5) is 13.9. The third kappa shape index (κ3) is 3.88. The van der Waals surface area contributed by atoms with Crippen LogP contribution in [0.2, 0.25) is 0 Å². The largest absolute Gasteiger partial charge is 0.367 e. The molecule has 4 nitrogen and oxygen atoms in total. The molecular weight excluding hydrogens is 375 g/mol. The fourth-order valence-electron chi connectivity index (χ4n) is 4.15. The first kappa shape index (κ1) is 18.7. The third-order valence-electron chi connectivity index (χ3n) is 5.72. The smallest absolute Gasteiger partial charge is 0.163 e. The first-order chi connectivity index (χ1) is 14.8. The Balaban J connectivity index is 1.63. The van der Waals surface area contributed by atoms with E-state index < -0.39 is 0 Å². The molecule has 1 N–H and O–H groups in total. The Labute approximate surface area is 175 Å². The molecule has 2 heterocycles. The fourth-order valence-corrected chi connectivity index (χ4v) is 4.15. The van der Waals surface area contributed by atoms with Gasteiger partial charge in [0.2, 0.25) is 0 Å². The summed E-state index contributed by atoms with van der Waals surface area (Å²) in [5.74, 6) is 1.26. The zero-order chi connectivity index (χ0) is 20.3. The number of benzene rings is 2. The molecule has 0 aliphatic heterocycles. The molecule has 5 heteroatoms. The van der Waals surface area contributed by atoms with Gasteiger partial charge in [-0.3, -0.25) is 4.98 Å². The number of nitrogens with zero attached hydrogens (tertiary/aromatic N) is 3. The average molecular weight is 398 g/mol. The van der Waals surface area contributed by atoms with E-state index in [1.54, 1.807) is 24.5 Å². The summed E-state index contributed by atoms with van der Waals surface area (Å²) in [6, 6.07) is 17.0. The standard InChI is InChI=1S/C25H23FN4/c26-20-8-4-6-17(14-20)18-11-12-23-22(15-18)25(28-21-9-2-1-3-10-21)30-24(29-23)19-7-5-13-27-16-19/h4-8,11-16,21H,1-3,9-10H2,(H,28,29,30). The lowest BCUT2D eigenvalue weighted by Gasteiger charge is -2.24. The summed E-state index contributed by atoms with van der Waals surface area (Å²) in [6.45, 7) is 0. The van der Waals surface area contributed by atoms with Crippen LogP contribution < -0.4 is 5.32 Å². The number of halogens is 1. The number of aromatic nitrogens is 3. The molecule has 2 aromatic carbocycles. The predicted molar refractivity (Wildman–Crippen MR) is 119 cm³/mol. The van der Waals surface area contributed by atoms with Crippen molar-refractivity contribution < 1.29 is 4.39 Å². The maximum Gasteiger partial charge on any atom is 0.163 e. The van der Waals surface area contributed by atoms with Crippen LogP contribution in [0.4, 0.5) is 10.2 Å². The second-order valence-electron chi connectivity index (χ2n) is 7.86. The molecule has 2 aromatic heterocycles. The van der Waals surface area contributed by atoms with Crippen molar-refractivity contribution in [3.8, 4) is 22.5 Å². The number of hydrogen-bond donors (Lipinski definition) is 1. The molecule has 1 aliphatic rings. The van der Waals surface area contributed by atoms with Gasteiger partial charge in [0.1, 0.15) is 11.6 Å². The number of anilines is 1. The molecule has 1 aliphatic carbocycles. The van der Waals surface area contributed by atoms with Crippen molar-refractivity contribution in [2.45, 2.75) is 38.1 Å². The summed E-state index contributed by atoms with van der Waals surface area (Å²) in [6.07, 6.45) is 9.61. The predicted octanol–water partition coefficient (Wildman–Crippen LogP) is 6.24. The Hall–Kier alpha value is -3.34. The van der Waals surface area contributed by atoms with Gasteiger partial charge in [0.15, 0.2) is 5.82 Å². The first-order valence-electron chi connectivity index (χ1n) is 10.5. The normalized spacial score (nSPS) is 14.7. The SMILES string of the molecule is Fc1cccc(-c2ccc3nc(-c4cccnc4)nc(NC4CCCCC4)c3c2)c1. The summed E-state index contributed by atoms with van der Waals surface area (Å²) in [7, 11) is 0. The molecule has 150 valence electrons. The second kappa shape index (κ2) is 8.19. The molecule has 1 saturated carbocycles. The minimum Gasteiger partial charge on any atom is -0.367 e. The van der Waals surface area contributed by atoms with Crippen LogP contribution >= 0.6 is 0 Å². The Morgan fingerprint density at radius 2 is 1.67 bits per heavy atom. The van der Waals surface area contributed by atoms with Crippen LogP contribution in [0, 0.1) is 5.82 Å². The summed E-state index contributed by atoms with van der Waals surface area (Å²) in [5, 5.41) is 4.63. The van der Waals surface area contributed by atoms with Crippen molar-refractivity contribution in [1.82, 2.24) is 15.0 Å². The molecule has 0 unspecified atom stereocenters. The second-order valence-corrected chi connectivity index (χ2v) is 7.86. The topological polar surface area (TPSA) is 50.7 Å². The summed E-state index contributed by atoms with van der Waals surface area (Å²) >= 11 is 0. The first-order valence-corrected chi connectivity index (χ1v) is 10.5. The monoisotopic (exact) mass is 398 g/mol. The molecule has 0 saturated heterocycles. The van der Waals surface area contributed by atoms with E-state index in [0.717, 1.165) is 46.3 Å². The van der Waals surface area contributed by atoms with Gasteiger partial charge < -0.3 is 5.32 Å². The van der Waals surface area contributed by atoms with E-state index in [9.17, 15) is 4.39 Å². The number of nitrogens with one attached hydrogen (secondary N) is 1. The van der Waals surface area contributed by atoms with Gasteiger partial charge in [-0.25, -0.2) is 14.4 Å². The summed E-state index contributed by atoms with van der Waals surface area (Å²) in [5.41, 5.74) is 3.55. The van der Waals surface area contributed by atoms with Gasteiger partial charge in [0, 0.05) is 29.4 Å². The molecule has 0 spiro atoms. The van der Waals surface area contributed by atoms with Crippen LogP contribution in [-0.2, 0) is 0 Å². The Morgan fingerprint density at radius 3 is 2.47 bits per heavy atom. The third-order valence-corrected chi connectivity index (χ3v) is 5.72. The zero-order valence-electron chi connectivity index (χ0n) is 16.7. The minimum atomic E-state index is -0.240. The van der Waals surface area contributed by atoms with Crippen molar-refractivity contribution in [2.24, 2.45) is 0 Å². The van der Waals surface area contributed by atoms with Gasteiger partial charge in [-0.05, 0) is 60.4 Å². The van der Waals surface area contributed by atoms with Crippen molar-refractivity contribution in [2.75, 3.05) is 5.32 Å². The highest BCUT2D eigenvalue weighted by atomic mass is 19.1. The van der Waals surface area contributed by atoms with Gasteiger partial charge in [-0.1, -0.05) is 37.5 Å². The zero-order valence-corrected chi connectivity index (χ0v) is 16.7. The van der Waals surface area contributed by atoms with E-state index in [-0.39, 0.29) is 5.82 Å². The van der Waals surface area contributed by atoms with E-state index in [2.05, 4.69) is 16.4 Å². The number of fused-ring (bicyclic) bond motifs is 1. The number of hydrogen-bond acceptors (Lipinski definition) is 4. The molecule has 0 amide bonds. The van der Waals surface area contributed by atoms with Crippen LogP contribution in [0.5, 0.6) is 0 Å². The highest BCUT2D eigenvalue weighted by Crippen LogP contribution is 2.31. The minimum absolute atomic E-state index is 0.240. The highest BCUT2D eigenvalue weighted by Gasteiger charge is 2.17. The van der Waals surface area contributed by atoms with Crippen molar-refractivity contribution in [3.05, 3.63) is 72.8 Å². The Morgan fingerprint density at radius 1 is 0.833 bits per heavy atom. The molecule has 4 aromatic rings. The highest BCUT2D eigenvalue weighted by molar-refractivity contribution is 5.94. The van der Waals surface area contributed by atoms with Gasteiger partial charge in [-0.2, -0.15) is 0 Å². The van der Waals surface area contributed by atoms with Gasteiger partial charge in [0.05, 0.1) is 5.52 Å². The lowest BCUT2D eigenvalue weighted by atomic mass is 9.95. The molecule has 30 heavy (non-hydrogen) atoms. The van der Waals surface area contributed by atoms with Crippen LogP contribution in [0.15, 0.2) is 67.0 Å². The Bertz CT molecular complexity index is 1170. The van der Waals surface area contributed by atoms with E-state index in [0.29, 0.717) is 11.9 Å². The van der Waals surface area contributed by atoms with Crippen molar-refractivity contribution in [3.63, 3.8) is 0 Å². The van der Waals surface area contributed by atoms with Crippen molar-refractivity contribution in [1.29, 1.82) is 0 Å². The lowest BCUT2D eigenvalue weighted by Crippen LogP contribution is -2.23. The van der Waals surface area contributed by atoms with Crippen LogP contribution in [0.1, 0.15) is 32.1 Å². The molecule has 0 bridgehead atoms. The van der Waals surface area contributed by atoms with Crippen LogP contribution in [-0.4, -0.2) is 21.0 Å². The average Bonchev–Trinajstić information content (AvgIpc) is 2.80. The van der Waals surface area contributed by atoms with Crippen LogP contribution in [0.3, 0.4) is 0 Å². The molecule has 0 radical (unpaired) electrons. The number of rotatable bonds is 4. The van der Waals surface area contributed by atoms with Crippen LogP contribution in [0.25, 0.3) is 33.4 Å². The van der Waals surface area contributed by atoms with Gasteiger partial charge in [0.25, 0.3) is 0 Å². The maximum absolute atomic E-state index is 13.8. The van der Waals surface area contributed by atoms with E-state index >= 15 is 0 Å². The van der Waals surface area contributed by atoms with E-state index in [1.807, 2.05) is 30.3 Å². The molecule has 5 rings (SSSR count). The fraction of sp³-hybridized carbons (Fsp3) is 0.240. The quantitative estimate of drug-likeness (QED) is 0.442. The molecular formula is C25H23FN4. The van der Waals surface area contributed by atoms with Crippen molar-refractivity contribution >= 4 is 16.7 Å². The molecule has 1 fully saturated rings. The maximum atomic E-state index is 13.8. The lowest BCUT2D eigenvalue weighted by molar-refractivity contribution is 0.462. The molecule has 0 atom stereocenters. The summed E-state index contributed by atoms with van der Waals surface area (Å²) < 4.78 is 13.8. The van der Waals surface area contributed by atoms with Gasteiger partial charge in [-0.15, -0.1) is 0 Å². The van der Waals surface area contributed by atoms with Gasteiger partial charge >= 0.3 is 0 Å².